The number of esters is 1. The van der Waals surface area contributed by atoms with Crippen LogP contribution in [-0.2, 0) is 26.0 Å². The molecule has 6 nitrogen and oxygen atoms in total. The predicted octanol–water partition coefficient (Wildman–Crippen LogP) is 2.68. The Bertz CT molecular complexity index is 708. The molecule has 0 spiro atoms. The van der Waals surface area contributed by atoms with E-state index in [9.17, 15) is 13.2 Å². The van der Waals surface area contributed by atoms with Gasteiger partial charge in [0.15, 0.2) is 0 Å². The highest BCUT2D eigenvalue weighted by atomic mass is 32.2. The van der Waals surface area contributed by atoms with Crippen molar-refractivity contribution in [3.63, 3.8) is 0 Å². The van der Waals surface area contributed by atoms with Crippen LogP contribution in [-0.4, -0.2) is 43.6 Å². The van der Waals surface area contributed by atoms with Crippen LogP contribution in [0.3, 0.4) is 0 Å². The van der Waals surface area contributed by atoms with E-state index in [1.165, 1.54) is 11.4 Å². The molecule has 1 aromatic rings. The second-order valence-electron chi connectivity index (χ2n) is 6.48. The van der Waals surface area contributed by atoms with Gasteiger partial charge in [-0.05, 0) is 33.1 Å². The molecule has 1 saturated carbocycles. The number of ether oxygens (including phenoxy) is 1. The molecule has 0 amide bonds. The second-order valence-corrected chi connectivity index (χ2v) is 9.63. The number of thiazole rings is 1. The molecule has 0 N–H and O–H groups in total. The van der Waals surface area contributed by atoms with Gasteiger partial charge in [-0.25, -0.2) is 13.4 Å². The van der Waals surface area contributed by atoms with Gasteiger partial charge in [-0.15, -0.1) is 11.3 Å². The molecule has 0 bridgehead atoms. The third-order valence-corrected chi connectivity index (χ3v) is 8.51. The molecule has 24 heavy (non-hydrogen) atoms. The van der Waals surface area contributed by atoms with Gasteiger partial charge >= 0.3 is 5.97 Å². The van der Waals surface area contributed by atoms with Crippen LogP contribution in [0.2, 0.25) is 0 Å². The number of hydrogen-bond acceptors (Lipinski definition) is 6. The van der Waals surface area contributed by atoms with E-state index in [4.69, 9.17) is 4.74 Å². The maximum absolute atomic E-state index is 12.9. The van der Waals surface area contributed by atoms with E-state index in [2.05, 4.69) is 4.98 Å². The van der Waals surface area contributed by atoms with Gasteiger partial charge in [0.25, 0.3) is 0 Å². The topological polar surface area (TPSA) is 76.6 Å². The number of carbonyl (C=O) groups excluding carboxylic acids is 1. The highest BCUT2D eigenvalue weighted by molar-refractivity contribution is 7.89. The number of aryl methyl sites for hydroxylation is 2. The molecule has 1 unspecified atom stereocenters. The molecular formula is C16H26N2O4S2. The highest BCUT2D eigenvalue weighted by Crippen LogP contribution is 2.44. The third kappa shape index (κ3) is 3.50. The monoisotopic (exact) mass is 374 g/mol. The van der Waals surface area contributed by atoms with Crippen LogP contribution in [0.25, 0.3) is 0 Å². The summed E-state index contributed by atoms with van der Waals surface area (Å²) in [6, 6.07) is -0.303. The fourth-order valence-corrected chi connectivity index (χ4v) is 6.15. The molecule has 1 atom stereocenters. The van der Waals surface area contributed by atoms with Crippen molar-refractivity contribution in [3.8, 4) is 0 Å². The lowest BCUT2D eigenvalue weighted by Gasteiger charge is -2.39. The molecule has 0 saturated heterocycles. The van der Waals surface area contributed by atoms with Crippen LogP contribution in [0.1, 0.15) is 54.7 Å². The Morgan fingerprint density at radius 2 is 2.08 bits per heavy atom. The lowest BCUT2D eigenvalue weighted by Crippen LogP contribution is -2.47. The van der Waals surface area contributed by atoms with Crippen molar-refractivity contribution >= 4 is 27.3 Å². The molecule has 0 radical (unpaired) electrons. The maximum atomic E-state index is 12.9. The van der Waals surface area contributed by atoms with Crippen molar-refractivity contribution < 1.29 is 17.9 Å². The van der Waals surface area contributed by atoms with Crippen molar-refractivity contribution in [2.24, 2.45) is 5.41 Å². The highest BCUT2D eigenvalue weighted by Gasteiger charge is 2.49. The van der Waals surface area contributed by atoms with Crippen molar-refractivity contribution in [1.29, 1.82) is 0 Å². The van der Waals surface area contributed by atoms with Gasteiger partial charge in [0.1, 0.15) is 0 Å². The molecule has 1 aliphatic carbocycles. The fraction of sp³-hybridized carbons (Fsp3) is 0.750. The molecule has 0 aromatic carbocycles. The summed E-state index contributed by atoms with van der Waals surface area (Å²) < 4.78 is 31.9. The zero-order valence-electron chi connectivity index (χ0n) is 15.0. The van der Waals surface area contributed by atoms with Crippen LogP contribution in [0.15, 0.2) is 0 Å². The number of sulfonamides is 1. The summed E-state index contributed by atoms with van der Waals surface area (Å²) in [6.45, 7) is 5.80. The van der Waals surface area contributed by atoms with E-state index in [0.29, 0.717) is 12.8 Å². The zero-order valence-corrected chi connectivity index (χ0v) is 16.6. The average molecular weight is 375 g/mol. The molecule has 2 rings (SSSR count). The Balaban J connectivity index is 2.21. The Kier molecular flexibility index (Phi) is 5.71. The summed E-state index contributed by atoms with van der Waals surface area (Å²) in [5, 5.41) is 1.00. The minimum absolute atomic E-state index is 0.188. The second kappa shape index (κ2) is 7.09. The summed E-state index contributed by atoms with van der Waals surface area (Å²) in [7, 11) is -0.693. The van der Waals surface area contributed by atoms with Crippen LogP contribution < -0.4 is 0 Å². The fourth-order valence-electron chi connectivity index (χ4n) is 3.09. The van der Waals surface area contributed by atoms with E-state index in [-0.39, 0.29) is 11.8 Å². The minimum atomic E-state index is -3.58. The smallest absolute Gasteiger partial charge is 0.312 e. The first-order valence-electron chi connectivity index (χ1n) is 8.17. The molecular weight excluding hydrogens is 348 g/mol. The summed E-state index contributed by atoms with van der Waals surface area (Å²) in [5.74, 6) is -0.605. The Labute approximate surface area is 148 Å². The molecule has 136 valence electrons. The van der Waals surface area contributed by atoms with Gasteiger partial charge in [0.2, 0.25) is 10.0 Å². The first-order valence-corrected chi connectivity index (χ1v) is 10.6. The number of aromatic nitrogens is 1. The molecule has 0 aliphatic heterocycles. The van der Waals surface area contributed by atoms with Crippen molar-refractivity contribution in [2.45, 2.75) is 52.5 Å². The van der Waals surface area contributed by atoms with E-state index >= 15 is 0 Å². The normalized spacial score (nSPS) is 18.2. The van der Waals surface area contributed by atoms with Crippen LogP contribution >= 0.6 is 11.3 Å². The lowest BCUT2D eigenvalue weighted by atomic mass is 9.70. The summed E-state index contributed by atoms with van der Waals surface area (Å²) >= 11 is 1.55. The molecule has 1 fully saturated rings. The van der Waals surface area contributed by atoms with E-state index < -0.39 is 21.4 Å². The van der Waals surface area contributed by atoms with E-state index in [1.807, 2.05) is 20.8 Å². The SMILES string of the molecule is CCc1nc(C)c(C(C)N(C)S(=O)(=O)CC2(C(=O)OC)CCC2)s1. The molecule has 8 heteroatoms. The van der Waals surface area contributed by atoms with Crippen molar-refractivity contribution in [3.05, 3.63) is 15.6 Å². The predicted molar refractivity (Wildman–Crippen MR) is 94.5 cm³/mol. The van der Waals surface area contributed by atoms with E-state index in [1.54, 1.807) is 18.4 Å². The number of methoxy groups -OCH3 is 1. The zero-order chi connectivity index (χ0) is 18.1. The third-order valence-electron chi connectivity index (χ3n) is 4.93. The standard InChI is InChI=1S/C16H26N2O4S2/c1-6-13-17-11(2)14(23-13)12(3)18(4)24(20,21)10-16(8-7-9-16)15(19)22-5/h12H,6-10H2,1-5H3. The summed E-state index contributed by atoms with van der Waals surface area (Å²) in [6.07, 6.45) is 2.83. The molecule has 1 heterocycles. The van der Waals surface area contributed by atoms with Crippen molar-refractivity contribution in [1.82, 2.24) is 9.29 Å². The Hall–Kier alpha value is -0.990. The van der Waals surface area contributed by atoms with Gasteiger partial charge in [0.05, 0.1) is 35.0 Å². The van der Waals surface area contributed by atoms with Crippen LogP contribution in [0.5, 0.6) is 0 Å². The van der Waals surface area contributed by atoms with Gasteiger partial charge in [-0.3, -0.25) is 4.79 Å². The average Bonchev–Trinajstić information content (AvgIpc) is 2.89. The largest absolute Gasteiger partial charge is 0.469 e. The quantitative estimate of drug-likeness (QED) is 0.686. The molecule has 1 aromatic heterocycles. The van der Waals surface area contributed by atoms with Gasteiger partial charge in [-0.2, -0.15) is 4.31 Å². The van der Waals surface area contributed by atoms with E-state index in [0.717, 1.165) is 28.4 Å². The first kappa shape index (κ1) is 19.3. The first-order chi connectivity index (χ1) is 11.2. The number of carbonyl (C=O) groups is 1. The Morgan fingerprint density at radius 1 is 1.46 bits per heavy atom. The summed E-state index contributed by atoms with van der Waals surface area (Å²) in [4.78, 5) is 17.5. The van der Waals surface area contributed by atoms with Crippen molar-refractivity contribution in [2.75, 3.05) is 19.9 Å². The number of nitrogens with zero attached hydrogens (tertiary/aromatic N) is 2. The Morgan fingerprint density at radius 3 is 2.50 bits per heavy atom. The van der Waals surface area contributed by atoms with Crippen LogP contribution in [0, 0.1) is 12.3 Å². The minimum Gasteiger partial charge on any atom is -0.469 e. The molecule has 1 aliphatic rings. The number of rotatable bonds is 7. The van der Waals surface area contributed by atoms with Crippen LogP contribution in [0.4, 0.5) is 0 Å². The lowest BCUT2D eigenvalue weighted by molar-refractivity contribution is -0.156. The maximum Gasteiger partial charge on any atom is 0.312 e. The van der Waals surface area contributed by atoms with Gasteiger partial charge < -0.3 is 4.74 Å². The summed E-state index contributed by atoms with van der Waals surface area (Å²) in [5.41, 5.74) is -0.00321. The number of hydrogen-bond donors (Lipinski definition) is 0. The van der Waals surface area contributed by atoms with Gasteiger partial charge in [0, 0.05) is 11.9 Å². The van der Waals surface area contributed by atoms with Gasteiger partial charge in [-0.1, -0.05) is 13.3 Å².